The molecular formula is C8H11F2N. The molecule has 0 aromatic rings. The van der Waals surface area contributed by atoms with Crippen molar-refractivity contribution in [3.05, 3.63) is 0 Å². The van der Waals surface area contributed by atoms with Crippen LogP contribution in [-0.2, 0) is 0 Å². The minimum atomic E-state index is -2.32. The molecule has 2 atom stereocenters. The van der Waals surface area contributed by atoms with Crippen LogP contribution < -0.4 is 0 Å². The summed E-state index contributed by atoms with van der Waals surface area (Å²) in [7, 11) is 0. The minimum Gasteiger partial charge on any atom is -0.210 e. The topological polar surface area (TPSA) is 23.8 Å². The van der Waals surface area contributed by atoms with E-state index in [2.05, 4.69) is 0 Å². The third-order valence-electron chi connectivity index (χ3n) is 2.60. The van der Waals surface area contributed by atoms with Crippen molar-refractivity contribution in [2.75, 3.05) is 0 Å². The molecule has 0 aromatic heterocycles. The van der Waals surface area contributed by atoms with Crippen LogP contribution in [-0.4, -0.2) is 6.43 Å². The van der Waals surface area contributed by atoms with Gasteiger partial charge in [0.1, 0.15) is 0 Å². The molecule has 11 heavy (non-hydrogen) atoms. The third kappa shape index (κ3) is 1.11. The molecule has 0 N–H and O–H groups in total. The van der Waals surface area contributed by atoms with E-state index in [1.54, 1.807) is 0 Å². The summed E-state index contributed by atoms with van der Waals surface area (Å²) < 4.78 is 24.2. The molecule has 0 aliphatic heterocycles. The average molecular weight is 159 g/mol. The SMILES string of the molecule is CC(C)[C@@]1(C#N)C[C@@H]1C(F)F. The lowest BCUT2D eigenvalue weighted by atomic mass is 9.91. The van der Waals surface area contributed by atoms with Gasteiger partial charge < -0.3 is 0 Å². The van der Waals surface area contributed by atoms with Crippen LogP contribution in [0.1, 0.15) is 20.3 Å². The molecule has 1 aliphatic carbocycles. The molecule has 1 nitrogen and oxygen atoms in total. The molecule has 0 spiro atoms. The summed E-state index contributed by atoms with van der Waals surface area (Å²) >= 11 is 0. The Balaban J connectivity index is 2.66. The number of hydrogen-bond donors (Lipinski definition) is 0. The zero-order valence-corrected chi connectivity index (χ0v) is 6.64. The Labute approximate surface area is 65.0 Å². The first-order chi connectivity index (χ1) is 5.04. The van der Waals surface area contributed by atoms with Crippen LogP contribution in [0, 0.1) is 28.6 Å². The number of halogens is 2. The van der Waals surface area contributed by atoms with E-state index in [1.165, 1.54) is 0 Å². The fourth-order valence-electron chi connectivity index (χ4n) is 1.54. The van der Waals surface area contributed by atoms with Crippen molar-refractivity contribution in [1.29, 1.82) is 5.26 Å². The van der Waals surface area contributed by atoms with Gasteiger partial charge in [-0.25, -0.2) is 8.78 Å². The predicted octanol–water partition coefficient (Wildman–Crippen LogP) is 2.44. The molecule has 1 aliphatic rings. The van der Waals surface area contributed by atoms with Crippen LogP contribution in [0.15, 0.2) is 0 Å². The zero-order valence-electron chi connectivity index (χ0n) is 6.64. The van der Waals surface area contributed by atoms with Crippen LogP contribution in [0.2, 0.25) is 0 Å². The number of hydrogen-bond acceptors (Lipinski definition) is 1. The maximum absolute atomic E-state index is 12.1. The highest BCUT2D eigenvalue weighted by Crippen LogP contribution is 2.59. The van der Waals surface area contributed by atoms with E-state index in [4.69, 9.17) is 5.26 Å². The Hall–Kier alpha value is -0.650. The van der Waals surface area contributed by atoms with Gasteiger partial charge in [-0.15, -0.1) is 0 Å². The molecule has 1 fully saturated rings. The highest BCUT2D eigenvalue weighted by atomic mass is 19.3. The van der Waals surface area contributed by atoms with Crippen molar-refractivity contribution in [2.45, 2.75) is 26.7 Å². The van der Waals surface area contributed by atoms with Crippen LogP contribution >= 0.6 is 0 Å². The van der Waals surface area contributed by atoms with Gasteiger partial charge in [-0.05, 0) is 12.3 Å². The molecule has 0 aromatic carbocycles. The molecule has 0 bridgehead atoms. The van der Waals surface area contributed by atoms with Gasteiger partial charge in [-0.2, -0.15) is 5.26 Å². The van der Waals surface area contributed by atoms with E-state index in [1.807, 2.05) is 19.9 Å². The second-order valence-electron chi connectivity index (χ2n) is 3.45. The first-order valence-corrected chi connectivity index (χ1v) is 3.74. The predicted molar refractivity (Wildman–Crippen MR) is 37.0 cm³/mol. The number of alkyl halides is 2. The molecule has 0 radical (unpaired) electrons. The second kappa shape index (κ2) is 2.44. The van der Waals surface area contributed by atoms with Crippen LogP contribution in [0.25, 0.3) is 0 Å². The molecule has 3 heteroatoms. The van der Waals surface area contributed by atoms with E-state index in [-0.39, 0.29) is 5.92 Å². The van der Waals surface area contributed by atoms with Gasteiger partial charge in [0.15, 0.2) is 0 Å². The number of rotatable bonds is 2. The van der Waals surface area contributed by atoms with Gasteiger partial charge >= 0.3 is 0 Å². The van der Waals surface area contributed by atoms with Gasteiger partial charge in [-0.1, -0.05) is 13.8 Å². The zero-order chi connectivity index (χ0) is 8.65. The highest BCUT2D eigenvalue weighted by molar-refractivity contribution is 5.18. The molecule has 0 heterocycles. The van der Waals surface area contributed by atoms with Crippen LogP contribution in [0.4, 0.5) is 8.78 Å². The Bertz CT molecular complexity index is 195. The smallest absolute Gasteiger partial charge is 0.210 e. The van der Waals surface area contributed by atoms with Crippen molar-refractivity contribution in [1.82, 2.24) is 0 Å². The van der Waals surface area contributed by atoms with Crippen LogP contribution in [0.3, 0.4) is 0 Å². The van der Waals surface area contributed by atoms with Crippen molar-refractivity contribution in [3.63, 3.8) is 0 Å². The molecule has 0 unspecified atom stereocenters. The van der Waals surface area contributed by atoms with Crippen molar-refractivity contribution < 1.29 is 8.78 Å². The molecule has 62 valence electrons. The van der Waals surface area contributed by atoms with Gasteiger partial charge in [0.05, 0.1) is 11.5 Å². The van der Waals surface area contributed by atoms with Gasteiger partial charge in [0.25, 0.3) is 0 Å². The lowest BCUT2D eigenvalue weighted by Gasteiger charge is -2.11. The number of nitrogens with zero attached hydrogens (tertiary/aromatic N) is 1. The Morgan fingerprint density at radius 3 is 2.18 bits per heavy atom. The summed E-state index contributed by atoms with van der Waals surface area (Å²) in [5.41, 5.74) is -0.714. The summed E-state index contributed by atoms with van der Waals surface area (Å²) in [5, 5.41) is 8.66. The number of nitriles is 1. The summed E-state index contributed by atoms with van der Waals surface area (Å²) in [4.78, 5) is 0. The van der Waals surface area contributed by atoms with Gasteiger partial charge in [0, 0.05) is 5.92 Å². The summed E-state index contributed by atoms with van der Waals surface area (Å²) in [6.07, 6.45) is -1.95. The van der Waals surface area contributed by atoms with Gasteiger partial charge in [-0.3, -0.25) is 0 Å². The highest BCUT2D eigenvalue weighted by Gasteiger charge is 2.61. The van der Waals surface area contributed by atoms with Crippen molar-refractivity contribution >= 4 is 0 Å². The monoisotopic (exact) mass is 159 g/mol. The maximum Gasteiger partial charge on any atom is 0.243 e. The lowest BCUT2D eigenvalue weighted by Crippen LogP contribution is -2.13. The Kier molecular flexibility index (Phi) is 1.87. The maximum atomic E-state index is 12.1. The third-order valence-corrected chi connectivity index (χ3v) is 2.60. The normalized spacial score (nSPS) is 35.9. The largest absolute Gasteiger partial charge is 0.243 e. The van der Waals surface area contributed by atoms with E-state index < -0.39 is 17.8 Å². The molecule has 0 saturated heterocycles. The van der Waals surface area contributed by atoms with Crippen molar-refractivity contribution in [3.8, 4) is 6.07 Å². The van der Waals surface area contributed by atoms with Crippen LogP contribution in [0.5, 0.6) is 0 Å². The van der Waals surface area contributed by atoms with Gasteiger partial charge in [0.2, 0.25) is 6.43 Å². The standard InChI is InChI=1S/C8H11F2N/c1-5(2)8(4-11)3-6(8)7(9)10/h5-7H,3H2,1-2H3/t6-,8+/m1/s1. The Morgan fingerprint density at radius 2 is 2.09 bits per heavy atom. The summed E-state index contributed by atoms with van der Waals surface area (Å²) in [6, 6.07) is 2.00. The Morgan fingerprint density at radius 1 is 1.55 bits per heavy atom. The molecular weight excluding hydrogens is 148 g/mol. The molecule has 1 rings (SSSR count). The quantitative estimate of drug-likeness (QED) is 0.607. The first kappa shape index (κ1) is 8.45. The van der Waals surface area contributed by atoms with E-state index >= 15 is 0 Å². The fourth-order valence-corrected chi connectivity index (χ4v) is 1.54. The molecule has 1 saturated carbocycles. The fraction of sp³-hybridized carbons (Fsp3) is 0.875. The van der Waals surface area contributed by atoms with Crippen molar-refractivity contribution in [2.24, 2.45) is 17.3 Å². The van der Waals surface area contributed by atoms with E-state index in [0.717, 1.165) is 0 Å². The van der Waals surface area contributed by atoms with E-state index in [0.29, 0.717) is 6.42 Å². The molecule has 0 amide bonds. The summed E-state index contributed by atoms with van der Waals surface area (Å²) in [5.74, 6) is -0.626. The first-order valence-electron chi connectivity index (χ1n) is 3.74. The lowest BCUT2D eigenvalue weighted by molar-refractivity contribution is 0.103. The van der Waals surface area contributed by atoms with E-state index in [9.17, 15) is 8.78 Å². The second-order valence-corrected chi connectivity index (χ2v) is 3.45. The minimum absolute atomic E-state index is 0.0477. The average Bonchev–Trinajstić information content (AvgIpc) is 2.62. The summed E-state index contributed by atoms with van der Waals surface area (Å²) in [6.45, 7) is 3.65.